The lowest BCUT2D eigenvalue weighted by Gasteiger charge is -2.06. The highest BCUT2D eigenvalue weighted by Crippen LogP contribution is 2.01. The number of nitrogens with two attached hydrogens (primary N) is 1. The molecule has 4 N–H and O–H groups in total. The smallest absolute Gasteiger partial charge is 0.227 e. The van der Waals surface area contributed by atoms with Gasteiger partial charge >= 0.3 is 0 Å². The molecule has 0 aromatic carbocycles. The molecule has 0 rings (SSSR count). The van der Waals surface area contributed by atoms with E-state index in [0.29, 0.717) is 25.1 Å². The summed E-state index contributed by atoms with van der Waals surface area (Å²) in [6.07, 6.45) is 1.55. The fourth-order valence-electron chi connectivity index (χ4n) is 1.05. The van der Waals surface area contributed by atoms with Gasteiger partial charge in [-0.1, -0.05) is 0 Å². The number of carbonyl (C=O) groups is 2. The van der Waals surface area contributed by atoms with Gasteiger partial charge in [-0.25, -0.2) is 0 Å². The Kier molecular flexibility index (Phi) is 9.03. The zero-order valence-corrected chi connectivity index (χ0v) is 10.4. The summed E-state index contributed by atoms with van der Waals surface area (Å²) in [5, 5.41) is 11.7. The number of hydrogen-bond donors (Lipinski definition) is 3. The first-order valence-electron chi connectivity index (χ1n) is 5.33. The molecule has 0 aromatic heterocycles. The van der Waals surface area contributed by atoms with Gasteiger partial charge in [0.1, 0.15) is 0 Å². The minimum atomic E-state index is -0.359. The van der Waals surface area contributed by atoms with Gasteiger partial charge in [0, 0.05) is 18.7 Å². The van der Waals surface area contributed by atoms with Gasteiger partial charge in [-0.3, -0.25) is 9.59 Å². The van der Waals surface area contributed by atoms with Gasteiger partial charge in [-0.15, -0.1) is 0 Å². The molecule has 1 atom stereocenters. The number of rotatable bonds is 9. The molecule has 16 heavy (non-hydrogen) atoms. The number of carbonyl (C=O) groups excluding carboxylic acids is 2. The highest BCUT2D eigenvalue weighted by molar-refractivity contribution is 7.99. The molecule has 0 heterocycles. The van der Waals surface area contributed by atoms with Crippen LogP contribution in [-0.2, 0) is 9.59 Å². The Labute approximate surface area is 100 Å². The highest BCUT2D eigenvalue weighted by atomic mass is 32.2. The lowest BCUT2D eigenvalue weighted by atomic mass is 10.2. The predicted molar refractivity (Wildman–Crippen MR) is 65.1 cm³/mol. The minimum absolute atomic E-state index is 0.0254. The lowest BCUT2D eigenvalue weighted by Crippen LogP contribution is -2.25. The standard InChI is InChI=1S/C10H20N2O3S/c1-8(13)3-2-5-12-10(15)4-6-16-7-9(11)14/h8,13H,2-7H2,1H3,(H2,11,14)(H,12,15). The van der Waals surface area contributed by atoms with Crippen molar-refractivity contribution in [1.82, 2.24) is 5.32 Å². The molecule has 2 amide bonds. The molecule has 0 radical (unpaired) electrons. The van der Waals surface area contributed by atoms with E-state index in [4.69, 9.17) is 10.8 Å². The van der Waals surface area contributed by atoms with E-state index in [1.54, 1.807) is 6.92 Å². The molecule has 0 aliphatic rings. The lowest BCUT2D eigenvalue weighted by molar-refractivity contribution is -0.120. The molecule has 94 valence electrons. The van der Waals surface area contributed by atoms with Crippen LogP contribution in [0.1, 0.15) is 26.2 Å². The van der Waals surface area contributed by atoms with Crippen LogP contribution in [0.4, 0.5) is 0 Å². The van der Waals surface area contributed by atoms with Gasteiger partial charge in [0.05, 0.1) is 11.9 Å². The van der Waals surface area contributed by atoms with Gasteiger partial charge in [0.2, 0.25) is 11.8 Å². The second kappa shape index (κ2) is 9.47. The van der Waals surface area contributed by atoms with Gasteiger partial charge in [0.15, 0.2) is 0 Å². The Hall–Kier alpha value is -0.750. The quantitative estimate of drug-likeness (QED) is 0.496. The SMILES string of the molecule is CC(O)CCCNC(=O)CCSCC(N)=O. The van der Waals surface area contributed by atoms with Crippen LogP contribution in [0.3, 0.4) is 0 Å². The van der Waals surface area contributed by atoms with Crippen molar-refractivity contribution in [3.05, 3.63) is 0 Å². The molecule has 0 aliphatic carbocycles. The molecule has 0 spiro atoms. The van der Waals surface area contributed by atoms with Crippen LogP contribution < -0.4 is 11.1 Å². The molecule has 1 unspecified atom stereocenters. The molecule has 5 nitrogen and oxygen atoms in total. The average molecular weight is 248 g/mol. The fraction of sp³-hybridized carbons (Fsp3) is 0.800. The molecule has 0 aliphatic heterocycles. The summed E-state index contributed by atoms with van der Waals surface area (Å²) >= 11 is 1.36. The third-order valence-corrected chi connectivity index (χ3v) is 2.82. The van der Waals surface area contributed by atoms with Crippen LogP contribution in [0.2, 0.25) is 0 Å². The Morgan fingerprint density at radius 2 is 2.19 bits per heavy atom. The van der Waals surface area contributed by atoms with E-state index in [2.05, 4.69) is 5.32 Å². The Bertz CT molecular complexity index is 222. The maximum absolute atomic E-state index is 11.2. The number of aliphatic hydroxyl groups excluding tert-OH is 1. The van der Waals surface area contributed by atoms with Crippen molar-refractivity contribution >= 4 is 23.6 Å². The van der Waals surface area contributed by atoms with E-state index in [1.165, 1.54) is 11.8 Å². The second-order valence-electron chi connectivity index (χ2n) is 3.61. The van der Waals surface area contributed by atoms with E-state index in [-0.39, 0.29) is 23.7 Å². The van der Waals surface area contributed by atoms with Crippen LogP contribution >= 0.6 is 11.8 Å². The average Bonchev–Trinajstić information content (AvgIpc) is 2.19. The topological polar surface area (TPSA) is 92.4 Å². The molecular weight excluding hydrogens is 228 g/mol. The molecular formula is C10H20N2O3S. The zero-order chi connectivity index (χ0) is 12.4. The summed E-state index contributed by atoms with van der Waals surface area (Å²) in [6.45, 7) is 2.31. The monoisotopic (exact) mass is 248 g/mol. The van der Waals surface area contributed by atoms with Crippen molar-refractivity contribution in [2.24, 2.45) is 5.73 Å². The van der Waals surface area contributed by atoms with E-state index in [1.807, 2.05) is 0 Å². The predicted octanol–water partition coefficient (Wildman–Crippen LogP) is -0.128. The largest absolute Gasteiger partial charge is 0.393 e. The first-order chi connectivity index (χ1) is 7.52. The van der Waals surface area contributed by atoms with Crippen molar-refractivity contribution in [3.63, 3.8) is 0 Å². The van der Waals surface area contributed by atoms with Crippen molar-refractivity contribution in [3.8, 4) is 0 Å². The van der Waals surface area contributed by atoms with Crippen molar-refractivity contribution in [2.45, 2.75) is 32.3 Å². The number of amides is 2. The highest BCUT2D eigenvalue weighted by Gasteiger charge is 2.02. The Morgan fingerprint density at radius 1 is 1.50 bits per heavy atom. The Balaban J connectivity index is 3.28. The normalized spacial score (nSPS) is 12.1. The van der Waals surface area contributed by atoms with Crippen molar-refractivity contribution in [1.29, 1.82) is 0 Å². The van der Waals surface area contributed by atoms with E-state index < -0.39 is 0 Å². The van der Waals surface area contributed by atoms with Gasteiger partial charge < -0.3 is 16.2 Å². The molecule has 0 saturated carbocycles. The van der Waals surface area contributed by atoms with Crippen LogP contribution in [0.25, 0.3) is 0 Å². The summed E-state index contributed by atoms with van der Waals surface area (Å²) in [5.74, 6) is 0.477. The fourth-order valence-corrected chi connectivity index (χ4v) is 1.73. The second-order valence-corrected chi connectivity index (χ2v) is 4.72. The maximum Gasteiger partial charge on any atom is 0.227 e. The van der Waals surface area contributed by atoms with Crippen LogP contribution in [-0.4, -0.2) is 41.1 Å². The van der Waals surface area contributed by atoms with Crippen molar-refractivity contribution < 1.29 is 14.7 Å². The van der Waals surface area contributed by atoms with Gasteiger partial charge in [0.25, 0.3) is 0 Å². The number of primary amides is 1. The molecule has 6 heteroatoms. The summed E-state index contributed by atoms with van der Waals surface area (Å²) < 4.78 is 0. The summed E-state index contributed by atoms with van der Waals surface area (Å²) in [4.78, 5) is 21.6. The van der Waals surface area contributed by atoms with Crippen LogP contribution in [0.15, 0.2) is 0 Å². The maximum atomic E-state index is 11.2. The molecule has 0 fully saturated rings. The summed E-state index contributed by atoms with van der Waals surface area (Å²) in [5.41, 5.74) is 4.95. The number of hydrogen-bond acceptors (Lipinski definition) is 4. The van der Waals surface area contributed by atoms with Gasteiger partial charge in [-0.05, 0) is 19.8 Å². The zero-order valence-electron chi connectivity index (χ0n) is 9.57. The van der Waals surface area contributed by atoms with Crippen LogP contribution in [0.5, 0.6) is 0 Å². The molecule has 0 aromatic rings. The summed E-state index contributed by atoms with van der Waals surface area (Å²) in [7, 11) is 0. The third-order valence-electron chi connectivity index (χ3n) is 1.84. The number of aliphatic hydroxyl groups is 1. The summed E-state index contributed by atoms with van der Waals surface area (Å²) in [6, 6.07) is 0. The Morgan fingerprint density at radius 3 is 2.75 bits per heavy atom. The van der Waals surface area contributed by atoms with E-state index >= 15 is 0 Å². The van der Waals surface area contributed by atoms with Gasteiger partial charge in [-0.2, -0.15) is 11.8 Å². The van der Waals surface area contributed by atoms with E-state index in [0.717, 1.165) is 6.42 Å². The third kappa shape index (κ3) is 11.3. The molecule has 0 saturated heterocycles. The number of nitrogens with one attached hydrogen (secondary N) is 1. The first-order valence-corrected chi connectivity index (χ1v) is 6.48. The number of thioether (sulfide) groups is 1. The van der Waals surface area contributed by atoms with E-state index in [9.17, 15) is 9.59 Å². The molecule has 0 bridgehead atoms. The van der Waals surface area contributed by atoms with Crippen molar-refractivity contribution in [2.75, 3.05) is 18.1 Å². The van der Waals surface area contributed by atoms with Crippen LogP contribution in [0, 0.1) is 0 Å². The first kappa shape index (κ1) is 15.2. The minimum Gasteiger partial charge on any atom is -0.393 e.